The molecular formula is C18H17F3O. The van der Waals surface area contributed by atoms with Crippen LogP contribution in [0.4, 0.5) is 13.2 Å². The number of rotatable bonds is 5. The third kappa shape index (κ3) is 4.65. The highest BCUT2D eigenvalue weighted by Crippen LogP contribution is 2.31. The molecule has 2 aromatic carbocycles. The lowest BCUT2D eigenvalue weighted by Gasteiger charge is -2.09. The lowest BCUT2D eigenvalue weighted by atomic mass is 10.2. The average Bonchev–Trinajstić information content (AvgIpc) is 2.49. The van der Waals surface area contributed by atoms with Crippen LogP contribution in [-0.2, 0) is 6.18 Å². The van der Waals surface area contributed by atoms with Gasteiger partial charge in [0.05, 0.1) is 5.56 Å². The topological polar surface area (TPSA) is 9.23 Å². The molecule has 0 aliphatic rings. The Morgan fingerprint density at radius 2 is 1.45 bits per heavy atom. The number of ether oxygens (including phenoxy) is 1. The van der Waals surface area contributed by atoms with Crippen LogP contribution in [-0.4, -0.2) is 0 Å². The van der Waals surface area contributed by atoms with Crippen molar-refractivity contribution in [2.24, 2.45) is 0 Å². The average molecular weight is 306 g/mol. The van der Waals surface area contributed by atoms with Crippen molar-refractivity contribution in [3.8, 4) is 11.5 Å². The van der Waals surface area contributed by atoms with Gasteiger partial charge in [-0.15, -0.1) is 0 Å². The van der Waals surface area contributed by atoms with Crippen LogP contribution >= 0.6 is 0 Å². The van der Waals surface area contributed by atoms with Crippen molar-refractivity contribution in [3.63, 3.8) is 0 Å². The highest BCUT2D eigenvalue weighted by atomic mass is 19.4. The summed E-state index contributed by atoms with van der Waals surface area (Å²) < 4.78 is 42.9. The quantitative estimate of drug-likeness (QED) is 0.629. The second-order valence-corrected chi connectivity index (χ2v) is 4.88. The Labute approximate surface area is 128 Å². The maximum absolute atomic E-state index is 12.5. The summed E-state index contributed by atoms with van der Waals surface area (Å²) >= 11 is 0. The smallest absolute Gasteiger partial charge is 0.416 e. The SMILES string of the molecule is CCCC=Cc1ccc(Oc2ccc(C(F)(F)F)cc2)cc1. The predicted octanol–water partition coefficient (Wildman–Crippen LogP) is 6.31. The summed E-state index contributed by atoms with van der Waals surface area (Å²) in [6.07, 6.45) is 1.94. The second-order valence-electron chi connectivity index (χ2n) is 4.88. The molecule has 0 atom stereocenters. The number of hydrogen-bond acceptors (Lipinski definition) is 1. The van der Waals surface area contributed by atoms with Gasteiger partial charge in [-0.25, -0.2) is 0 Å². The van der Waals surface area contributed by atoms with Gasteiger partial charge >= 0.3 is 6.18 Å². The Balaban J connectivity index is 2.01. The molecule has 2 rings (SSSR count). The highest BCUT2D eigenvalue weighted by molar-refractivity contribution is 5.50. The molecule has 0 unspecified atom stereocenters. The van der Waals surface area contributed by atoms with E-state index in [9.17, 15) is 13.2 Å². The van der Waals surface area contributed by atoms with Gasteiger partial charge < -0.3 is 4.74 Å². The van der Waals surface area contributed by atoms with E-state index >= 15 is 0 Å². The Morgan fingerprint density at radius 3 is 1.95 bits per heavy atom. The molecule has 0 N–H and O–H groups in total. The van der Waals surface area contributed by atoms with Gasteiger partial charge in [-0.2, -0.15) is 13.2 Å². The Bertz CT molecular complexity index is 610. The van der Waals surface area contributed by atoms with Crippen LogP contribution in [0.15, 0.2) is 54.6 Å². The first-order chi connectivity index (χ1) is 10.5. The molecule has 0 bridgehead atoms. The van der Waals surface area contributed by atoms with E-state index in [4.69, 9.17) is 4.74 Å². The van der Waals surface area contributed by atoms with Gasteiger partial charge in [0, 0.05) is 0 Å². The third-order valence-electron chi connectivity index (χ3n) is 3.06. The summed E-state index contributed by atoms with van der Waals surface area (Å²) in [5, 5.41) is 0. The number of benzene rings is 2. The summed E-state index contributed by atoms with van der Waals surface area (Å²) in [5.41, 5.74) is 0.379. The summed E-state index contributed by atoms with van der Waals surface area (Å²) in [5.74, 6) is 0.967. The van der Waals surface area contributed by atoms with E-state index in [1.807, 2.05) is 18.2 Å². The van der Waals surface area contributed by atoms with Crippen LogP contribution < -0.4 is 4.74 Å². The zero-order chi connectivity index (χ0) is 16.0. The Hall–Kier alpha value is -2.23. The van der Waals surface area contributed by atoms with Gasteiger partial charge in [-0.3, -0.25) is 0 Å². The van der Waals surface area contributed by atoms with Gasteiger partial charge in [-0.1, -0.05) is 37.6 Å². The minimum absolute atomic E-state index is 0.377. The molecule has 0 amide bonds. The molecule has 0 heterocycles. The maximum Gasteiger partial charge on any atom is 0.416 e. The summed E-state index contributed by atoms with van der Waals surface area (Å²) in [6, 6.07) is 12.1. The van der Waals surface area contributed by atoms with E-state index in [2.05, 4.69) is 13.0 Å². The van der Waals surface area contributed by atoms with E-state index in [-0.39, 0.29) is 0 Å². The van der Waals surface area contributed by atoms with E-state index in [0.717, 1.165) is 30.5 Å². The maximum atomic E-state index is 12.5. The Kier molecular flexibility index (Phi) is 5.26. The van der Waals surface area contributed by atoms with Crippen LogP contribution in [0.5, 0.6) is 11.5 Å². The number of allylic oxidation sites excluding steroid dienone is 1. The van der Waals surface area contributed by atoms with Gasteiger partial charge in [-0.05, 0) is 48.4 Å². The number of unbranched alkanes of at least 4 members (excludes halogenated alkanes) is 1. The zero-order valence-corrected chi connectivity index (χ0v) is 12.2. The first-order valence-electron chi connectivity index (χ1n) is 7.11. The standard InChI is InChI=1S/C18H17F3O/c1-2-3-4-5-14-6-10-16(11-7-14)22-17-12-8-15(9-13-17)18(19,20)21/h4-13H,2-3H2,1H3. The van der Waals surface area contributed by atoms with Gasteiger partial charge in [0.25, 0.3) is 0 Å². The van der Waals surface area contributed by atoms with Crippen LogP contribution in [0.2, 0.25) is 0 Å². The molecule has 0 spiro atoms. The van der Waals surface area contributed by atoms with Crippen LogP contribution in [0, 0.1) is 0 Å². The molecule has 0 aromatic heterocycles. The first-order valence-corrected chi connectivity index (χ1v) is 7.11. The largest absolute Gasteiger partial charge is 0.457 e. The van der Waals surface area contributed by atoms with Crippen molar-refractivity contribution >= 4 is 6.08 Å². The normalized spacial score (nSPS) is 11.8. The fraction of sp³-hybridized carbons (Fsp3) is 0.222. The predicted molar refractivity (Wildman–Crippen MR) is 81.9 cm³/mol. The van der Waals surface area contributed by atoms with Gasteiger partial charge in [0.1, 0.15) is 11.5 Å². The second kappa shape index (κ2) is 7.16. The zero-order valence-electron chi connectivity index (χ0n) is 12.2. The van der Waals surface area contributed by atoms with Crippen LogP contribution in [0.1, 0.15) is 30.9 Å². The van der Waals surface area contributed by atoms with Crippen molar-refractivity contribution in [1.82, 2.24) is 0 Å². The molecule has 116 valence electrons. The van der Waals surface area contributed by atoms with Crippen molar-refractivity contribution < 1.29 is 17.9 Å². The lowest BCUT2D eigenvalue weighted by Crippen LogP contribution is -2.03. The van der Waals surface area contributed by atoms with Crippen molar-refractivity contribution in [2.45, 2.75) is 25.9 Å². The van der Waals surface area contributed by atoms with Crippen molar-refractivity contribution in [1.29, 1.82) is 0 Å². The molecule has 0 radical (unpaired) electrons. The van der Waals surface area contributed by atoms with E-state index in [0.29, 0.717) is 11.5 Å². The lowest BCUT2D eigenvalue weighted by molar-refractivity contribution is -0.137. The number of alkyl halides is 3. The fourth-order valence-electron chi connectivity index (χ4n) is 1.88. The molecule has 0 aliphatic heterocycles. The molecule has 2 aromatic rings. The van der Waals surface area contributed by atoms with E-state index in [1.54, 1.807) is 12.1 Å². The molecule has 0 saturated carbocycles. The summed E-state index contributed by atoms with van der Waals surface area (Å²) in [7, 11) is 0. The number of halogens is 3. The van der Waals surface area contributed by atoms with Gasteiger partial charge in [0.2, 0.25) is 0 Å². The summed E-state index contributed by atoms with van der Waals surface area (Å²) in [4.78, 5) is 0. The van der Waals surface area contributed by atoms with E-state index in [1.165, 1.54) is 12.1 Å². The number of hydrogen-bond donors (Lipinski definition) is 0. The van der Waals surface area contributed by atoms with Crippen LogP contribution in [0.3, 0.4) is 0 Å². The minimum Gasteiger partial charge on any atom is -0.457 e. The first kappa shape index (κ1) is 16.1. The molecule has 0 fully saturated rings. The minimum atomic E-state index is -4.33. The van der Waals surface area contributed by atoms with Crippen molar-refractivity contribution in [2.75, 3.05) is 0 Å². The van der Waals surface area contributed by atoms with Gasteiger partial charge in [0.15, 0.2) is 0 Å². The highest BCUT2D eigenvalue weighted by Gasteiger charge is 2.30. The molecule has 1 nitrogen and oxygen atoms in total. The monoisotopic (exact) mass is 306 g/mol. The Morgan fingerprint density at radius 1 is 0.909 bits per heavy atom. The fourth-order valence-corrected chi connectivity index (χ4v) is 1.88. The van der Waals surface area contributed by atoms with E-state index < -0.39 is 11.7 Å². The summed E-state index contributed by atoms with van der Waals surface area (Å²) in [6.45, 7) is 2.12. The molecule has 4 heteroatoms. The molecule has 0 aliphatic carbocycles. The van der Waals surface area contributed by atoms with Crippen LogP contribution in [0.25, 0.3) is 6.08 Å². The third-order valence-corrected chi connectivity index (χ3v) is 3.06. The van der Waals surface area contributed by atoms with Crippen molar-refractivity contribution in [3.05, 3.63) is 65.7 Å². The molecular weight excluding hydrogens is 289 g/mol. The molecule has 22 heavy (non-hydrogen) atoms. The molecule has 0 saturated heterocycles.